The van der Waals surface area contributed by atoms with Crippen molar-refractivity contribution in [3.05, 3.63) is 54.6 Å². The minimum Gasteiger partial charge on any atom is -0.387 e. The van der Waals surface area contributed by atoms with E-state index in [1.165, 1.54) is 36.8 Å². The monoisotopic (exact) mass is 307 g/mol. The number of aliphatic hydroxyl groups excluding tert-OH is 1. The Balaban J connectivity index is 1.53. The second kappa shape index (κ2) is 8.07. The van der Waals surface area contributed by atoms with E-state index in [2.05, 4.69) is 29.3 Å². The Kier molecular flexibility index (Phi) is 5.60. The van der Waals surface area contributed by atoms with Gasteiger partial charge in [-0.05, 0) is 42.0 Å². The summed E-state index contributed by atoms with van der Waals surface area (Å²) in [6.07, 6.45) is 8.62. The van der Waals surface area contributed by atoms with Crippen molar-refractivity contribution in [3.63, 3.8) is 0 Å². The zero-order valence-electron chi connectivity index (χ0n) is 13.6. The molecule has 2 heteroatoms. The van der Waals surface area contributed by atoms with Crippen molar-refractivity contribution in [1.29, 1.82) is 0 Å². The summed E-state index contributed by atoms with van der Waals surface area (Å²) in [6, 6.07) is 18.5. The number of hydrogen-bond donors (Lipinski definition) is 1. The summed E-state index contributed by atoms with van der Waals surface area (Å²) in [5, 5.41) is 10.1. The van der Waals surface area contributed by atoms with Gasteiger partial charge in [0.15, 0.2) is 0 Å². The molecule has 0 heterocycles. The summed E-state index contributed by atoms with van der Waals surface area (Å²) in [6.45, 7) is 0. The highest BCUT2D eigenvalue weighted by Gasteiger charge is 2.15. The molecule has 23 heavy (non-hydrogen) atoms. The molecule has 1 aliphatic rings. The Morgan fingerprint density at radius 2 is 1.61 bits per heavy atom. The average molecular weight is 307 g/mol. The highest BCUT2D eigenvalue weighted by atomic mass is 16.3. The van der Waals surface area contributed by atoms with Crippen molar-refractivity contribution in [2.24, 2.45) is 10.9 Å². The van der Waals surface area contributed by atoms with Crippen LogP contribution in [0.25, 0.3) is 11.1 Å². The van der Waals surface area contributed by atoms with Crippen molar-refractivity contribution in [2.45, 2.75) is 44.6 Å². The highest BCUT2D eigenvalue weighted by molar-refractivity contribution is 5.70. The molecule has 2 aromatic carbocycles. The molecule has 1 fully saturated rings. The second-order valence-electron chi connectivity index (χ2n) is 6.49. The van der Waals surface area contributed by atoms with E-state index in [1.807, 2.05) is 30.3 Å². The Morgan fingerprint density at radius 1 is 0.957 bits per heavy atom. The standard InChI is InChI=1S/C21H25NO/c23-21(15-10-17-6-4-5-7-17)16-22-20-13-11-19(12-14-20)18-8-2-1-3-9-18/h1-3,8-9,11-14,16-17,21,23H,4-7,10,15H2. The molecule has 1 saturated carbocycles. The number of benzene rings is 2. The molecule has 3 rings (SSSR count). The molecule has 1 N–H and O–H groups in total. The Bertz CT molecular complexity index is 612. The molecule has 1 aliphatic carbocycles. The summed E-state index contributed by atoms with van der Waals surface area (Å²) in [5.74, 6) is 0.822. The molecular formula is C21H25NO. The van der Waals surface area contributed by atoms with Crippen LogP contribution in [-0.4, -0.2) is 17.4 Å². The molecule has 2 nitrogen and oxygen atoms in total. The van der Waals surface area contributed by atoms with Gasteiger partial charge in [0.25, 0.3) is 0 Å². The van der Waals surface area contributed by atoms with Crippen LogP contribution < -0.4 is 0 Å². The fourth-order valence-electron chi connectivity index (χ4n) is 3.32. The minimum atomic E-state index is -0.426. The number of hydrogen-bond acceptors (Lipinski definition) is 2. The second-order valence-corrected chi connectivity index (χ2v) is 6.49. The number of rotatable bonds is 6. The van der Waals surface area contributed by atoms with Gasteiger partial charge >= 0.3 is 0 Å². The lowest BCUT2D eigenvalue weighted by Gasteiger charge is -2.10. The summed E-state index contributed by atoms with van der Waals surface area (Å²) < 4.78 is 0. The van der Waals surface area contributed by atoms with Gasteiger partial charge in [-0.3, -0.25) is 4.99 Å². The Morgan fingerprint density at radius 3 is 2.30 bits per heavy atom. The van der Waals surface area contributed by atoms with Crippen LogP contribution in [0.4, 0.5) is 5.69 Å². The zero-order chi connectivity index (χ0) is 15.9. The van der Waals surface area contributed by atoms with Crippen molar-refractivity contribution >= 4 is 11.9 Å². The van der Waals surface area contributed by atoms with Gasteiger partial charge in [-0.1, -0.05) is 68.1 Å². The average Bonchev–Trinajstić information content (AvgIpc) is 3.13. The molecule has 1 unspecified atom stereocenters. The van der Waals surface area contributed by atoms with E-state index < -0.39 is 6.10 Å². The van der Waals surface area contributed by atoms with Gasteiger partial charge < -0.3 is 5.11 Å². The van der Waals surface area contributed by atoms with Gasteiger partial charge in [-0.2, -0.15) is 0 Å². The van der Waals surface area contributed by atoms with E-state index in [-0.39, 0.29) is 0 Å². The minimum absolute atomic E-state index is 0.426. The first kappa shape index (κ1) is 15.9. The fraction of sp³-hybridized carbons (Fsp3) is 0.381. The van der Waals surface area contributed by atoms with Crippen LogP contribution in [0.3, 0.4) is 0 Å². The van der Waals surface area contributed by atoms with E-state index in [1.54, 1.807) is 6.21 Å². The molecule has 1 atom stereocenters. The molecular weight excluding hydrogens is 282 g/mol. The smallest absolute Gasteiger partial charge is 0.0891 e. The fourth-order valence-corrected chi connectivity index (χ4v) is 3.32. The third kappa shape index (κ3) is 4.77. The van der Waals surface area contributed by atoms with Crippen molar-refractivity contribution < 1.29 is 5.11 Å². The molecule has 0 spiro atoms. The van der Waals surface area contributed by atoms with Gasteiger partial charge in [-0.25, -0.2) is 0 Å². The number of aliphatic hydroxyl groups is 1. The van der Waals surface area contributed by atoms with Gasteiger partial charge in [0, 0.05) is 6.21 Å². The van der Waals surface area contributed by atoms with Crippen molar-refractivity contribution in [1.82, 2.24) is 0 Å². The van der Waals surface area contributed by atoms with Gasteiger partial charge in [0.2, 0.25) is 0 Å². The van der Waals surface area contributed by atoms with Crippen LogP contribution in [0.5, 0.6) is 0 Å². The maximum atomic E-state index is 10.1. The number of nitrogens with zero attached hydrogens (tertiary/aromatic N) is 1. The van der Waals surface area contributed by atoms with Gasteiger partial charge in [0.1, 0.15) is 0 Å². The van der Waals surface area contributed by atoms with E-state index in [0.29, 0.717) is 0 Å². The summed E-state index contributed by atoms with van der Waals surface area (Å²) in [4.78, 5) is 4.41. The molecule has 0 aromatic heterocycles. The van der Waals surface area contributed by atoms with E-state index >= 15 is 0 Å². The predicted molar refractivity (Wildman–Crippen MR) is 97.2 cm³/mol. The molecule has 0 bridgehead atoms. The normalized spacial score (nSPS) is 16.9. The lowest BCUT2D eigenvalue weighted by molar-refractivity contribution is 0.222. The molecule has 120 valence electrons. The maximum Gasteiger partial charge on any atom is 0.0891 e. The molecule has 2 aromatic rings. The lowest BCUT2D eigenvalue weighted by Crippen LogP contribution is -2.09. The van der Waals surface area contributed by atoms with Crippen LogP contribution >= 0.6 is 0 Å². The van der Waals surface area contributed by atoms with Crippen molar-refractivity contribution in [3.8, 4) is 11.1 Å². The molecule has 0 saturated heterocycles. The van der Waals surface area contributed by atoms with Crippen LogP contribution in [0.15, 0.2) is 59.6 Å². The lowest BCUT2D eigenvalue weighted by atomic mass is 10.00. The third-order valence-electron chi connectivity index (χ3n) is 4.72. The summed E-state index contributed by atoms with van der Waals surface area (Å²) in [7, 11) is 0. The van der Waals surface area contributed by atoms with Crippen LogP contribution in [0, 0.1) is 5.92 Å². The first-order valence-electron chi connectivity index (χ1n) is 8.69. The van der Waals surface area contributed by atoms with E-state index in [4.69, 9.17) is 0 Å². The molecule has 0 radical (unpaired) electrons. The maximum absolute atomic E-state index is 10.1. The SMILES string of the molecule is OC(C=Nc1ccc(-c2ccccc2)cc1)CCC1CCCC1. The summed E-state index contributed by atoms with van der Waals surface area (Å²) >= 11 is 0. The van der Waals surface area contributed by atoms with Crippen LogP contribution in [0.1, 0.15) is 38.5 Å². The predicted octanol–water partition coefficient (Wildman–Crippen LogP) is 5.39. The van der Waals surface area contributed by atoms with Gasteiger partial charge in [-0.15, -0.1) is 0 Å². The first-order valence-corrected chi connectivity index (χ1v) is 8.69. The van der Waals surface area contributed by atoms with Crippen LogP contribution in [-0.2, 0) is 0 Å². The highest BCUT2D eigenvalue weighted by Crippen LogP contribution is 2.29. The largest absolute Gasteiger partial charge is 0.387 e. The summed E-state index contributed by atoms with van der Waals surface area (Å²) in [5.41, 5.74) is 3.29. The van der Waals surface area contributed by atoms with E-state index in [0.717, 1.165) is 24.4 Å². The third-order valence-corrected chi connectivity index (χ3v) is 4.72. The Hall–Kier alpha value is -1.93. The quantitative estimate of drug-likeness (QED) is 0.713. The molecule has 0 amide bonds. The van der Waals surface area contributed by atoms with Crippen molar-refractivity contribution in [2.75, 3.05) is 0 Å². The van der Waals surface area contributed by atoms with E-state index in [9.17, 15) is 5.11 Å². The zero-order valence-corrected chi connectivity index (χ0v) is 13.6. The molecule has 0 aliphatic heterocycles. The van der Waals surface area contributed by atoms with Crippen LogP contribution in [0.2, 0.25) is 0 Å². The Labute approximate surface area is 138 Å². The number of aliphatic imine (C=N–C) groups is 1. The first-order chi connectivity index (χ1) is 11.3. The van der Waals surface area contributed by atoms with Gasteiger partial charge in [0.05, 0.1) is 11.8 Å². The topological polar surface area (TPSA) is 32.6 Å².